The minimum absolute atomic E-state index is 0.0141. The zero-order chi connectivity index (χ0) is 13.2. The molecule has 0 bridgehead atoms. The number of fused-ring (bicyclic) bond motifs is 1. The van der Waals surface area contributed by atoms with E-state index in [2.05, 4.69) is 28.1 Å². The maximum absolute atomic E-state index is 12.0. The van der Waals surface area contributed by atoms with E-state index in [1.54, 1.807) is 18.4 Å². The summed E-state index contributed by atoms with van der Waals surface area (Å²) < 4.78 is 1.26. The number of thiophene rings is 1. The first-order chi connectivity index (χ1) is 8.54. The van der Waals surface area contributed by atoms with E-state index < -0.39 is 5.54 Å². The van der Waals surface area contributed by atoms with Gasteiger partial charge in [-0.05, 0) is 43.3 Å². The minimum atomic E-state index is -0.536. The number of likely N-dealkylation sites (N-methyl/N-ethyl adjacent to an activating group) is 1. The van der Waals surface area contributed by atoms with Crippen LogP contribution in [0.1, 0.15) is 19.4 Å². The third-order valence-corrected chi connectivity index (χ3v) is 4.21. The monoisotopic (exact) mass is 262 g/mol. The Balaban J connectivity index is 2.09. The molecule has 3 nitrogen and oxygen atoms in total. The number of rotatable bonds is 4. The SMILES string of the molecule is CNC(C)(C)C(=O)NCc1csc2ccccc12. The van der Waals surface area contributed by atoms with Crippen LogP contribution in [-0.4, -0.2) is 18.5 Å². The van der Waals surface area contributed by atoms with Gasteiger partial charge in [0.2, 0.25) is 5.91 Å². The van der Waals surface area contributed by atoms with Gasteiger partial charge in [-0.3, -0.25) is 4.79 Å². The molecule has 2 rings (SSSR count). The molecule has 1 aromatic carbocycles. The van der Waals surface area contributed by atoms with Gasteiger partial charge in [0.25, 0.3) is 0 Å². The molecule has 0 fully saturated rings. The molecule has 0 saturated heterocycles. The molecule has 0 saturated carbocycles. The van der Waals surface area contributed by atoms with Crippen LogP contribution in [0.5, 0.6) is 0 Å². The number of hydrogen-bond acceptors (Lipinski definition) is 3. The highest BCUT2D eigenvalue weighted by atomic mass is 32.1. The summed E-state index contributed by atoms with van der Waals surface area (Å²) in [5, 5.41) is 9.31. The average Bonchev–Trinajstić information content (AvgIpc) is 2.79. The van der Waals surface area contributed by atoms with Crippen LogP contribution in [0.15, 0.2) is 29.6 Å². The second-order valence-corrected chi connectivity index (χ2v) is 5.73. The summed E-state index contributed by atoms with van der Waals surface area (Å²) >= 11 is 1.71. The van der Waals surface area contributed by atoms with Gasteiger partial charge in [0.15, 0.2) is 0 Å². The van der Waals surface area contributed by atoms with E-state index in [-0.39, 0.29) is 5.91 Å². The van der Waals surface area contributed by atoms with Crippen LogP contribution < -0.4 is 10.6 Å². The van der Waals surface area contributed by atoms with Crippen molar-refractivity contribution in [3.05, 3.63) is 35.2 Å². The smallest absolute Gasteiger partial charge is 0.239 e. The average molecular weight is 262 g/mol. The van der Waals surface area contributed by atoms with Gasteiger partial charge in [-0.1, -0.05) is 18.2 Å². The summed E-state index contributed by atoms with van der Waals surface area (Å²) in [6.07, 6.45) is 0. The molecule has 0 aliphatic rings. The number of amides is 1. The second-order valence-electron chi connectivity index (χ2n) is 4.81. The van der Waals surface area contributed by atoms with E-state index in [1.807, 2.05) is 26.0 Å². The van der Waals surface area contributed by atoms with E-state index >= 15 is 0 Å². The first kappa shape index (κ1) is 13.1. The van der Waals surface area contributed by atoms with Gasteiger partial charge < -0.3 is 10.6 Å². The van der Waals surface area contributed by atoms with Crippen LogP contribution in [0.25, 0.3) is 10.1 Å². The summed E-state index contributed by atoms with van der Waals surface area (Å²) in [5.74, 6) is 0.0141. The van der Waals surface area contributed by atoms with E-state index in [0.717, 1.165) is 0 Å². The number of hydrogen-bond donors (Lipinski definition) is 2. The maximum atomic E-state index is 12.0. The third-order valence-electron chi connectivity index (χ3n) is 3.19. The Morgan fingerprint density at radius 2 is 2.06 bits per heavy atom. The van der Waals surface area contributed by atoms with E-state index in [4.69, 9.17) is 0 Å². The molecule has 96 valence electrons. The molecule has 1 aromatic heterocycles. The van der Waals surface area contributed by atoms with Crippen molar-refractivity contribution in [3.8, 4) is 0 Å². The molecule has 1 amide bonds. The number of carbonyl (C=O) groups is 1. The predicted octanol–water partition coefficient (Wildman–Crippen LogP) is 2.52. The number of carbonyl (C=O) groups excluding carboxylic acids is 1. The standard InChI is InChI=1S/C14H18N2OS/c1-14(2,15-3)13(17)16-8-10-9-18-12-7-5-4-6-11(10)12/h4-7,9,15H,8H2,1-3H3,(H,16,17). The Morgan fingerprint density at radius 3 is 2.78 bits per heavy atom. The van der Waals surface area contributed by atoms with Crippen molar-refractivity contribution in [2.45, 2.75) is 25.9 Å². The summed E-state index contributed by atoms with van der Waals surface area (Å²) in [7, 11) is 1.79. The van der Waals surface area contributed by atoms with Crippen molar-refractivity contribution in [2.75, 3.05) is 7.05 Å². The van der Waals surface area contributed by atoms with Gasteiger partial charge in [0, 0.05) is 11.2 Å². The molecular formula is C14H18N2OS. The van der Waals surface area contributed by atoms with Crippen molar-refractivity contribution >= 4 is 27.3 Å². The van der Waals surface area contributed by atoms with E-state index in [0.29, 0.717) is 6.54 Å². The molecule has 4 heteroatoms. The molecule has 0 radical (unpaired) electrons. The van der Waals surface area contributed by atoms with E-state index in [9.17, 15) is 4.79 Å². The number of nitrogens with one attached hydrogen (secondary N) is 2. The topological polar surface area (TPSA) is 41.1 Å². The summed E-state index contributed by atoms with van der Waals surface area (Å²) in [6.45, 7) is 4.32. The van der Waals surface area contributed by atoms with Gasteiger partial charge in [-0.2, -0.15) is 0 Å². The van der Waals surface area contributed by atoms with Gasteiger partial charge in [-0.25, -0.2) is 0 Å². The Morgan fingerprint density at radius 1 is 1.33 bits per heavy atom. The predicted molar refractivity (Wildman–Crippen MR) is 76.8 cm³/mol. The Bertz CT molecular complexity index is 560. The summed E-state index contributed by atoms with van der Waals surface area (Å²) in [4.78, 5) is 12.0. The molecule has 18 heavy (non-hydrogen) atoms. The van der Waals surface area contributed by atoms with Crippen LogP contribution in [-0.2, 0) is 11.3 Å². The molecule has 0 unspecified atom stereocenters. The molecule has 0 aliphatic carbocycles. The van der Waals surface area contributed by atoms with Crippen LogP contribution in [0.4, 0.5) is 0 Å². The Kier molecular flexibility index (Phi) is 3.68. The first-order valence-corrected chi connectivity index (χ1v) is 6.85. The van der Waals surface area contributed by atoms with Crippen molar-refractivity contribution < 1.29 is 4.79 Å². The molecular weight excluding hydrogens is 244 g/mol. The lowest BCUT2D eigenvalue weighted by Gasteiger charge is -2.22. The van der Waals surface area contributed by atoms with Gasteiger partial charge in [0.1, 0.15) is 0 Å². The maximum Gasteiger partial charge on any atom is 0.239 e. The van der Waals surface area contributed by atoms with Crippen LogP contribution in [0, 0.1) is 0 Å². The molecule has 1 heterocycles. The quantitative estimate of drug-likeness (QED) is 0.889. The summed E-state index contributed by atoms with van der Waals surface area (Å²) in [6, 6.07) is 8.25. The third kappa shape index (κ3) is 2.54. The van der Waals surface area contributed by atoms with Crippen LogP contribution >= 0.6 is 11.3 Å². The molecule has 0 aliphatic heterocycles. The fraction of sp³-hybridized carbons (Fsp3) is 0.357. The first-order valence-electron chi connectivity index (χ1n) is 5.97. The normalized spacial score (nSPS) is 11.7. The lowest BCUT2D eigenvalue weighted by Crippen LogP contribution is -2.50. The van der Waals surface area contributed by atoms with Crippen molar-refractivity contribution in [1.29, 1.82) is 0 Å². The molecule has 0 spiro atoms. The lowest BCUT2D eigenvalue weighted by molar-refractivity contribution is -0.126. The van der Waals surface area contributed by atoms with Crippen LogP contribution in [0.3, 0.4) is 0 Å². The fourth-order valence-electron chi connectivity index (χ4n) is 1.68. The second kappa shape index (κ2) is 5.08. The highest BCUT2D eigenvalue weighted by Gasteiger charge is 2.24. The number of benzene rings is 1. The molecule has 0 atom stereocenters. The lowest BCUT2D eigenvalue weighted by atomic mass is 10.1. The van der Waals surface area contributed by atoms with Gasteiger partial charge in [-0.15, -0.1) is 11.3 Å². The zero-order valence-corrected chi connectivity index (χ0v) is 11.7. The highest BCUT2D eigenvalue weighted by molar-refractivity contribution is 7.17. The van der Waals surface area contributed by atoms with Crippen molar-refractivity contribution in [1.82, 2.24) is 10.6 Å². The zero-order valence-electron chi connectivity index (χ0n) is 10.9. The largest absolute Gasteiger partial charge is 0.350 e. The Labute approximate surface area is 111 Å². The highest BCUT2D eigenvalue weighted by Crippen LogP contribution is 2.25. The Hall–Kier alpha value is -1.39. The fourth-order valence-corrected chi connectivity index (χ4v) is 2.64. The van der Waals surface area contributed by atoms with Crippen molar-refractivity contribution in [3.63, 3.8) is 0 Å². The molecule has 2 aromatic rings. The summed E-state index contributed by atoms with van der Waals surface area (Å²) in [5.41, 5.74) is 0.641. The minimum Gasteiger partial charge on any atom is -0.350 e. The van der Waals surface area contributed by atoms with Crippen molar-refractivity contribution in [2.24, 2.45) is 0 Å². The van der Waals surface area contributed by atoms with E-state index in [1.165, 1.54) is 15.6 Å². The molecule has 2 N–H and O–H groups in total. The van der Waals surface area contributed by atoms with Gasteiger partial charge >= 0.3 is 0 Å². The van der Waals surface area contributed by atoms with Gasteiger partial charge in [0.05, 0.1) is 5.54 Å². The van der Waals surface area contributed by atoms with Crippen LogP contribution in [0.2, 0.25) is 0 Å².